The Balaban J connectivity index is 1.69. The van der Waals surface area contributed by atoms with Crippen LogP contribution in [-0.4, -0.2) is 29.3 Å². The van der Waals surface area contributed by atoms with Crippen molar-refractivity contribution in [1.82, 2.24) is 10.2 Å². The lowest BCUT2D eigenvalue weighted by Gasteiger charge is -2.13. The molecule has 0 unspecified atom stereocenters. The first kappa shape index (κ1) is 18.3. The highest BCUT2D eigenvalue weighted by Gasteiger charge is 2.35. The first-order chi connectivity index (χ1) is 12.5. The molecule has 134 valence electrons. The molecule has 0 saturated carbocycles. The summed E-state index contributed by atoms with van der Waals surface area (Å²) in [6.07, 6.45) is 2.36. The molecule has 0 spiro atoms. The zero-order valence-electron chi connectivity index (χ0n) is 13.9. The van der Waals surface area contributed by atoms with Crippen molar-refractivity contribution in [3.63, 3.8) is 0 Å². The molecule has 2 aromatic rings. The zero-order chi connectivity index (χ0) is 18.7. The summed E-state index contributed by atoms with van der Waals surface area (Å²) in [6, 6.07) is 8.67. The molecule has 0 radical (unpaired) electrons. The number of urea groups is 1. The van der Waals surface area contributed by atoms with E-state index < -0.39 is 17.8 Å². The van der Waals surface area contributed by atoms with Crippen molar-refractivity contribution in [2.45, 2.75) is 13.3 Å². The van der Waals surface area contributed by atoms with Gasteiger partial charge in [0, 0.05) is 20.4 Å². The van der Waals surface area contributed by atoms with Crippen LogP contribution < -0.4 is 10.6 Å². The van der Waals surface area contributed by atoms with Gasteiger partial charge >= 0.3 is 6.03 Å². The first-order valence-corrected chi connectivity index (χ1v) is 9.61. The van der Waals surface area contributed by atoms with E-state index in [0.717, 1.165) is 26.2 Å². The fourth-order valence-electron chi connectivity index (χ4n) is 2.55. The molecule has 1 aliphatic heterocycles. The van der Waals surface area contributed by atoms with Gasteiger partial charge in [-0.3, -0.25) is 9.59 Å². The number of carbonyl (C=O) groups excluding carboxylic acids is 3. The number of hydrogen-bond acceptors (Lipinski definition) is 4. The van der Waals surface area contributed by atoms with Gasteiger partial charge in [0.25, 0.3) is 5.91 Å². The predicted molar refractivity (Wildman–Crippen MR) is 105 cm³/mol. The molecule has 4 amide bonds. The van der Waals surface area contributed by atoms with Crippen LogP contribution in [0.4, 0.5) is 10.5 Å². The molecule has 3 rings (SSSR count). The number of carbonyl (C=O) groups is 3. The predicted octanol–water partition coefficient (Wildman–Crippen LogP) is 3.60. The monoisotopic (exact) mass is 433 g/mol. The van der Waals surface area contributed by atoms with Crippen LogP contribution in [0.1, 0.15) is 17.4 Å². The smallest absolute Gasteiger partial charge is 0.324 e. The topological polar surface area (TPSA) is 78.5 Å². The molecule has 26 heavy (non-hydrogen) atoms. The summed E-state index contributed by atoms with van der Waals surface area (Å²) in [7, 11) is 0. The maximum absolute atomic E-state index is 12.4. The summed E-state index contributed by atoms with van der Waals surface area (Å²) >= 11 is 4.78. The molecule has 1 fully saturated rings. The van der Waals surface area contributed by atoms with E-state index in [-0.39, 0.29) is 12.2 Å². The SMILES string of the molecule is CCc1ccccc1NC(=O)CN1C(=O)N/C(=C/c2cc(Br)cs2)C1=O. The molecule has 0 aliphatic carbocycles. The third kappa shape index (κ3) is 4.03. The zero-order valence-corrected chi connectivity index (χ0v) is 16.3. The largest absolute Gasteiger partial charge is 0.329 e. The Morgan fingerprint density at radius 1 is 1.35 bits per heavy atom. The Hall–Kier alpha value is -2.45. The van der Waals surface area contributed by atoms with Gasteiger partial charge < -0.3 is 10.6 Å². The average molecular weight is 434 g/mol. The molecule has 2 heterocycles. The van der Waals surface area contributed by atoms with E-state index >= 15 is 0 Å². The molecule has 0 bridgehead atoms. The number of aryl methyl sites for hydroxylation is 1. The van der Waals surface area contributed by atoms with E-state index in [9.17, 15) is 14.4 Å². The summed E-state index contributed by atoms with van der Waals surface area (Å²) in [5, 5.41) is 7.15. The fraction of sp³-hybridized carbons (Fsp3) is 0.167. The number of imide groups is 1. The van der Waals surface area contributed by atoms with Crippen LogP contribution >= 0.6 is 27.3 Å². The summed E-state index contributed by atoms with van der Waals surface area (Å²) < 4.78 is 0.900. The fourth-order valence-corrected chi connectivity index (χ4v) is 3.92. The molecule has 6 nitrogen and oxygen atoms in total. The van der Waals surface area contributed by atoms with E-state index in [0.29, 0.717) is 5.69 Å². The van der Waals surface area contributed by atoms with Crippen molar-refractivity contribution >= 4 is 56.9 Å². The highest BCUT2D eigenvalue weighted by Crippen LogP contribution is 2.23. The quantitative estimate of drug-likeness (QED) is 0.558. The number of thiophene rings is 1. The van der Waals surface area contributed by atoms with Gasteiger partial charge in [0.1, 0.15) is 12.2 Å². The van der Waals surface area contributed by atoms with E-state index in [1.165, 1.54) is 11.3 Å². The van der Waals surface area contributed by atoms with Crippen LogP contribution in [0.25, 0.3) is 6.08 Å². The van der Waals surface area contributed by atoms with Crippen LogP contribution in [-0.2, 0) is 16.0 Å². The normalized spacial score (nSPS) is 15.5. The molecular formula is C18H16BrN3O3S. The number of nitrogens with zero attached hydrogens (tertiary/aromatic N) is 1. The molecule has 1 aromatic heterocycles. The van der Waals surface area contributed by atoms with Crippen molar-refractivity contribution in [2.24, 2.45) is 0 Å². The minimum atomic E-state index is -0.601. The second kappa shape index (κ2) is 7.84. The third-order valence-corrected chi connectivity index (χ3v) is 5.45. The second-order valence-electron chi connectivity index (χ2n) is 5.61. The Kier molecular flexibility index (Phi) is 5.53. The van der Waals surface area contributed by atoms with Gasteiger partial charge in [-0.15, -0.1) is 11.3 Å². The molecule has 0 atom stereocenters. The van der Waals surface area contributed by atoms with Crippen molar-refractivity contribution < 1.29 is 14.4 Å². The number of nitrogens with one attached hydrogen (secondary N) is 2. The standard InChI is InChI=1S/C18H16BrN3O3S/c1-2-11-5-3-4-6-14(11)20-16(23)9-22-17(24)15(21-18(22)25)8-13-7-12(19)10-26-13/h3-8,10H,2,9H2,1H3,(H,20,23)(H,21,25)/b15-8+. The van der Waals surface area contributed by atoms with Crippen LogP contribution in [0.5, 0.6) is 0 Å². The highest BCUT2D eigenvalue weighted by molar-refractivity contribution is 9.10. The number of hydrogen-bond donors (Lipinski definition) is 2. The molecule has 1 aromatic carbocycles. The number of benzene rings is 1. The molecule has 2 N–H and O–H groups in total. The van der Waals surface area contributed by atoms with Gasteiger partial charge in [-0.1, -0.05) is 25.1 Å². The Bertz CT molecular complexity index is 907. The minimum absolute atomic E-state index is 0.158. The average Bonchev–Trinajstić information content (AvgIpc) is 3.13. The number of para-hydroxylation sites is 1. The lowest BCUT2D eigenvalue weighted by Crippen LogP contribution is -2.38. The van der Waals surface area contributed by atoms with Gasteiger partial charge in [-0.25, -0.2) is 9.69 Å². The second-order valence-corrected chi connectivity index (χ2v) is 7.46. The van der Waals surface area contributed by atoms with Crippen molar-refractivity contribution in [3.8, 4) is 0 Å². The van der Waals surface area contributed by atoms with E-state index in [2.05, 4.69) is 26.6 Å². The maximum atomic E-state index is 12.4. The van der Waals surface area contributed by atoms with Gasteiger partial charge in [-0.05, 0) is 46.1 Å². The lowest BCUT2D eigenvalue weighted by atomic mass is 10.1. The third-order valence-electron chi connectivity index (χ3n) is 3.81. The van der Waals surface area contributed by atoms with Crippen LogP contribution in [0, 0.1) is 0 Å². The number of halogens is 1. The van der Waals surface area contributed by atoms with Gasteiger partial charge in [0.15, 0.2) is 0 Å². The van der Waals surface area contributed by atoms with Crippen molar-refractivity contribution in [1.29, 1.82) is 0 Å². The van der Waals surface area contributed by atoms with Gasteiger partial charge in [0.05, 0.1) is 0 Å². The molecule has 8 heteroatoms. The summed E-state index contributed by atoms with van der Waals surface area (Å²) in [6.45, 7) is 1.65. The maximum Gasteiger partial charge on any atom is 0.329 e. The molecule has 1 aliphatic rings. The summed E-state index contributed by atoms with van der Waals surface area (Å²) in [5.74, 6) is -0.937. The Morgan fingerprint density at radius 2 is 2.12 bits per heavy atom. The van der Waals surface area contributed by atoms with E-state index in [1.807, 2.05) is 36.6 Å². The summed E-state index contributed by atoms with van der Waals surface area (Å²) in [4.78, 5) is 38.5. The van der Waals surface area contributed by atoms with Crippen molar-refractivity contribution in [3.05, 3.63) is 56.3 Å². The van der Waals surface area contributed by atoms with Crippen LogP contribution in [0.2, 0.25) is 0 Å². The summed E-state index contributed by atoms with van der Waals surface area (Å²) in [5.41, 5.74) is 1.83. The van der Waals surface area contributed by atoms with Gasteiger partial charge in [-0.2, -0.15) is 0 Å². The van der Waals surface area contributed by atoms with Crippen LogP contribution in [0.3, 0.4) is 0 Å². The number of amides is 4. The van der Waals surface area contributed by atoms with Crippen molar-refractivity contribution in [2.75, 3.05) is 11.9 Å². The van der Waals surface area contributed by atoms with Gasteiger partial charge in [0.2, 0.25) is 5.91 Å². The van der Waals surface area contributed by atoms with E-state index in [4.69, 9.17) is 0 Å². The lowest BCUT2D eigenvalue weighted by molar-refractivity contribution is -0.127. The highest BCUT2D eigenvalue weighted by atomic mass is 79.9. The number of rotatable bonds is 5. The Labute approximate surface area is 163 Å². The Morgan fingerprint density at radius 3 is 2.81 bits per heavy atom. The first-order valence-electron chi connectivity index (χ1n) is 7.94. The molecule has 1 saturated heterocycles. The number of anilines is 1. The van der Waals surface area contributed by atoms with Crippen LogP contribution in [0.15, 0.2) is 45.9 Å². The minimum Gasteiger partial charge on any atom is -0.324 e. The molecular weight excluding hydrogens is 418 g/mol. The van der Waals surface area contributed by atoms with E-state index in [1.54, 1.807) is 12.1 Å².